The summed E-state index contributed by atoms with van der Waals surface area (Å²) in [5, 5.41) is 68.4. The van der Waals surface area contributed by atoms with Crippen molar-refractivity contribution in [3.63, 3.8) is 0 Å². The predicted molar refractivity (Wildman–Crippen MR) is 303 cm³/mol. The summed E-state index contributed by atoms with van der Waals surface area (Å²) in [6.45, 7) is 12.5. The van der Waals surface area contributed by atoms with Gasteiger partial charge >= 0.3 is 5.97 Å². The molecule has 29 heteroatoms. The number of carbonyl (C=O) groups excluding carboxylic acids is 2. The zero-order valence-corrected chi connectivity index (χ0v) is 47.5. The second kappa shape index (κ2) is 26.5. The molecule has 85 heavy (non-hydrogen) atoms. The van der Waals surface area contributed by atoms with Crippen molar-refractivity contribution in [2.45, 2.75) is 113 Å². The van der Waals surface area contributed by atoms with Gasteiger partial charge in [0.2, 0.25) is 0 Å². The number of esters is 1. The first-order valence-corrected chi connectivity index (χ1v) is 26.8. The number of nitriles is 5. The molecule has 1 aliphatic carbocycles. The van der Waals surface area contributed by atoms with E-state index in [0.717, 1.165) is 52.7 Å². The molecule has 0 aliphatic heterocycles. The number of aryl methyl sites for hydroxylation is 2. The van der Waals surface area contributed by atoms with E-state index in [-0.39, 0.29) is 98.2 Å². The molecule has 29 nitrogen and oxygen atoms in total. The van der Waals surface area contributed by atoms with Crippen LogP contribution in [0.2, 0.25) is 0 Å². The van der Waals surface area contributed by atoms with E-state index in [1.165, 1.54) is 49.0 Å². The third-order valence-corrected chi connectivity index (χ3v) is 14.0. The van der Waals surface area contributed by atoms with Gasteiger partial charge in [0, 0.05) is 66.2 Å². The third-order valence-electron chi connectivity index (χ3n) is 14.0. The lowest BCUT2D eigenvalue weighted by atomic mass is 9.97. The van der Waals surface area contributed by atoms with Crippen molar-refractivity contribution < 1.29 is 19.4 Å². The number of carbonyl (C=O) groups is 2. The average Bonchev–Trinajstić information content (AvgIpc) is 3.27. The van der Waals surface area contributed by atoms with Gasteiger partial charge < -0.3 is 14.4 Å². The maximum Gasteiger partial charge on any atom is 0.357 e. The Hall–Kier alpha value is -11.3. The summed E-state index contributed by atoms with van der Waals surface area (Å²) in [6, 6.07) is 9.84. The number of aliphatic hydroxyl groups excluding tert-OH is 1. The summed E-state index contributed by atoms with van der Waals surface area (Å²) < 4.78 is 13.0. The average molecular weight is 1150 g/mol. The van der Waals surface area contributed by atoms with Crippen LogP contribution in [0.5, 0.6) is 0 Å². The van der Waals surface area contributed by atoms with Crippen LogP contribution in [0.3, 0.4) is 0 Å². The highest BCUT2D eigenvalue weighted by Crippen LogP contribution is 2.19. The Kier molecular flexibility index (Phi) is 19.1. The SMILES string of the molecule is CCC(=O)c1nc2c(C#N)c[nH]n2c(=O)c1CC.CCOC(=O)c1nc2c(C#N)c[nH]n2c(=O)c1CC.CCc1c(C)n(C)c2c(C#N)cnn2c1=O.CCc1c(CO)nc2c(C#N)c[nH]n2c1=O.N#Cc1c[nH]n2c(=O)c3c(nc12)CCCC3. The molecule has 0 spiro atoms. The number of nitrogens with one attached hydrogen (secondary N) is 4. The van der Waals surface area contributed by atoms with Crippen LogP contribution in [0.1, 0.15) is 154 Å². The van der Waals surface area contributed by atoms with Gasteiger partial charge in [-0.2, -0.15) is 35.9 Å². The summed E-state index contributed by atoms with van der Waals surface area (Å²) in [5.41, 5.74) is 6.92. The molecule has 0 aromatic carbocycles. The zero-order valence-electron chi connectivity index (χ0n) is 47.5. The van der Waals surface area contributed by atoms with Crippen LogP contribution in [0.25, 0.3) is 28.2 Å². The highest BCUT2D eigenvalue weighted by molar-refractivity contribution is 5.96. The molecule has 0 unspecified atom stereocenters. The number of Topliss-reactive ketones (excluding diaryl/α,β-unsaturated/α-hetero) is 1. The van der Waals surface area contributed by atoms with Gasteiger partial charge in [0.15, 0.2) is 39.7 Å². The fourth-order valence-electron chi connectivity index (χ4n) is 9.50. The van der Waals surface area contributed by atoms with Crippen LogP contribution in [-0.2, 0) is 56.9 Å². The van der Waals surface area contributed by atoms with Crippen molar-refractivity contribution in [2.24, 2.45) is 7.05 Å². The van der Waals surface area contributed by atoms with E-state index < -0.39 is 11.5 Å². The summed E-state index contributed by atoms with van der Waals surface area (Å²) in [7, 11) is 1.84. The van der Waals surface area contributed by atoms with Crippen LogP contribution in [0.15, 0.2) is 55.0 Å². The van der Waals surface area contributed by atoms with E-state index >= 15 is 0 Å². The van der Waals surface area contributed by atoms with Gasteiger partial charge in [-0.3, -0.25) is 49.2 Å². The monoisotopic (exact) mass is 1150 g/mol. The van der Waals surface area contributed by atoms with Gasteiger partial charge in [0.05, 0.1) is 36.4 Å². The molecule has 0 bridgehead atoms. The number of rotatable bonds is 9. The lowest BCUT2D eigenvalue weighted by molar-refractivity contribution is 0.0517. The number of fused-ring (bicyclic) bond motifs is 6. The van der Waals surface area contributed by atoms with Crippen LogP contribution >= 0.6 is 0 Å². The van der Waals surface area contributed by atoms with E-state index in [1.54, 1.807) is 27.7 Å². The van der Waals surface area contributed by atoms with E-state index in [1.807, 2.05) is 62.7 Å². The van der Waals surface area contributed by atoms with Crippen molar-refractivity contribution in [2.75, 3.05) is 6.61 Å². The van der Waals surface area contributed by atoms with E-state index in [2.05, 4.69) is 45.4 Å². The Labute approximate surface area is 480 Å². The van der Waals surface area contributed by atoms with Crippen LogP contribution in [-0.4, -0.2) is 96.0 Å². The number of aliphatic hydroxyl groups is 1. The molecule has 11 rings (SSSR count). The Morgan fingerprint density at radius 3 is 1.47 bits per heavy atom. The first-order chi connectivity index (χ1) is 40.9. The van der Waals surface area contributed by atoms with Crippen molar-refractivity contribution in [3.8, 4) is 30.3 Å². The molecule has 10 heterocycles. The molecule has 0 fully saturated rings. The first-order valence-electron chi connectivity index (χ1n) is 26.8. The molecular weight excluding hydrogens is 1100 g/mol. The summed E-state index contributed by atoms with van der Waals surface area (Å²) in [5.74, 6) is -0.833. The fourth-order valence-corrected chi connectivity index (χ4v) is 9.50. The topological polar surface area (TPSA) is 422 Å². The fraction of sp³-hybridized carbons (Fsp3) is 0.339. The lowest BCUT2D eigenvalue weighted by Crippen LogP contribution is -2.25. The molecular formula is C56H56N20O9. The maximum atomic E-state index is 12.2. The molecule has 0 amide bonds. The molecule has 10 aromatic heterocycles. The molecule has 10 aromatic rings. The number of ketones is 1. The highest BCUT2D eigenvalue weighted by atomic mass is 16.5. The summed E-state index contributed by atoms with van der Waals surface area (Å²) >= 11 is 0. The summed E-state index contributed by atoms with van der Waals surface area (Å²) in [6.07, 6.45) is 13.1. The van der Waals surface area contributed by atoms with Gasteiger partial charge in [-0.1, -0.05) is 34.6 Å². The van der Waals surface area contributed by atoms with Crippen molar-refractivity contribution in [1.82, 2.24) is 72.6 Å². The second-order valence-electron chi connectivity index (χ2n) is 18.6. The second-order valence-corrected chi connectivity index (χ2v) is 18.6. The third kappa shape index (κ3) is 11.5. The zero-order chi connectivity index (χ0) is 62.0. The Balaban J connectivity index is 0.000000152. The predicted octanol–water partition coefficient (Wildman–Crippen LogP) is 3.18. The minimum Gasteiger partial charge on any atom is -0.461 e. The van der Waals surface area contributed by atoms with Crippen molar-refractivity contribution in [3.05, 3.63) is 167 Å². The quantitative estimate of drug-likeness (QED) is 0.102. The van der Waals surface area contributed by atoms with E-state index in [4.69, 9.17) is 36.2 Å². The van der Waals surface area contributed by atoms with Crippen molar-refractivity contribution >= 4 is 40.0 Å². The normalized spacial score (nSPS) is 11.3. The number of nitrogens with zero attached hydrogens (tertiary/aromatic N) is 16. The largest absolute Gasteiger partial charge is 0.461 e. The standard InChI is InChI=1S/C12H12N4O3.C12H12N4O2.C11H10N4O.C11H12N4O.C10H10N4O2/c1-3-8-9(12(18)19-4-2)15-10-7(5-13)6-14-16(10)11(8)17;1-3-8-10(9(17)4-2)15-11-7(5-13)6-14-16(11)12(8)18;12-5-7-6-13-15-10(7)14-9-4-2-1-3-8(9)11(15)16;1-4-9-7(2)14(3)10-8(5-12)6-13-15(10)11(9)16;1-2-7-8(5-15)13-9-6(3-11)4-12-14(9)10(7)16/h6,14H,3-4H2,1-2H3;6,14H,3-4H2,1-2H3;6,13H,1-4H2;6H,4H2,1-3H3;4,12,15H,2,5H2,1H3. The van der Waals surface area contributed by atoms with Gasteiger partial charge in [-0.25, -0.2) is 42.8 Å². The number of aromatic nitrogens is 15. The van der Waals surface area contributed by atoms with Crippen molar-refractivity contribution in [1.29, 1.82) is 26.3 Å². The minimum atomic E-state index is -0.649. The maximum absolute atomic E-state index is 12.2. The molecule has 0 radical (unpaired) electrons. The Morgan fingerprint density at radius 1 is 0.576 bits per heavy atom. The van der Waals surface area contributed by atoms with Gasteiger partial charge in [0.1, 0.15) is 63.9 Å². The van der Waals surface area contributed by atoms with E-state index in [9.17, 15) is 33.6 Å². The minimum absolute atomic E-state index is 0.0227. The number of aromatic amines is 4. The van der Waals surface area contributed by atoms with Gasteiger partial charge in [0.25, 0.3) is 27.8 Å². The van der Waals surface area contributed by atoms with Crippen LogP contribution in [0.4, 0.5) is 0 Å². The highest BCUT2D eigenvalue weighted by Gasteiger charge is 2.23. The van der Waals surface area contributed by atoms with Gasteiger partial charge in [-0.15, -0.1) is 0 Å². The smallest absolute Gasteiger partial charge is 0.357 e. The van der Waals surface area contributed by atoms with Crippen LogP contribution < -0.4 is 27.8 Å². The van der Waals surface area contributed by atoms with Gasteiger partial charge in [-0.05, 0) is 65.2 Å². The Bertz CT molecular complexity index is 4710. The number of hydrogen-bond donors (Lipinski definition) is 5. The van der Waals surface area contributed by atoms with E-state index in [0.29, 0.717) is 64.9 Å². The molecule has 434 valence electrons. The van der Waals surface area contributed by atoms with Crippen LogP contribution in [0, 0.1) is 63.6 Å². The lowest BCUT2D eigenvalue weighted by Gasteiger charge is -2.13. The molecule has 0 atom stereocenters. The first kappa shape index (κ1) is 61.3. The number of ether oxygens (including phenoxy) is 1. The molecule has 5 N–H and O–H groups in total. The molecule has 0 saturated heterocycles. The molecule has 0 saturated carbocycles. The number of H-pyrrole nitrogens is 4. The summed E-state index contributed by atoms with van der Waals surface area (Å²) in [4.78, 5) is 101. The Morgan fingerprint density at radius 2 is 1.01 bits per heavy atom. The number of hydrogen-bond acceptors (Lipinski definition) is 19. The molecule has 1 aliphatic rings.